The number of nitrogens with zero attached hydrogens (tertiary/aromatic N) is 1. The summed E-state index contributed by atoms with van der Waals surface area (Å²) in [6.45, 7) is 0.380. The number of ether oxygens (including phenoxy) is 2. The van der Waals surface area contributed by atoms with Crippen molar-refractivity contribution < 1.29 is 9.47 Å². The van der Waals surface area contributed by atoms with Crippen molar-refractivity contribution in [3.8, 4) is 11.5 Å². The fourth-order valence-corrected chi connectivity index (χ4v) is 4.67. The molecule has 0 radical (unpaired) electrons. The Kier molecular flexibility index (Phi) is 5.80. The van der Waals surface area contributed by atoms with Crippen molar-refractivity contribution in [1.82, 2.24) is 4.98 Å². The van der Waals surface area contributed by atoms with E-state index in [2.05, 4.69) is 36.4 Å². The van der Waals surface area contributed by atoms with Gasteiger partial charge in [-0.3, -0.25) is 0 Å². The summed E-state index contributed by atoms with van der Waals surface area (Å²) in [5, 5.41) is 4.05. The number of fused-ring (bicyclic) bond motifs is 3. The van der Waals surface area contributed by atoms with Gasteiger partial charge in [0.1, 0.15) is 11.6 Å². The van der Waals surface area contributed by atoms with E-state index in [0.717, 1.165) is 21.7 Å². The second-order valence-electron chi connectivity index (χ2n) is 7.31. The fourth-order valence-electron chi connectivity index (χ4n) is 3.60. The number of rotatable bonds is 6. The Bertz CT molecular complexity index is 1440. The minimum absolute atomic E-state index is 0.380. The van der Waals surface area contributed by atoms with Gasteiger partial charge in [0.05, 0.1) is 17.3 Å². The molecule has 0 aliphatic heterocycles. The molecule has 0 saturated heterocycles. The first-order valence-corrected chi connectivity index (χ1v) is 11.4. The van der Waals surface area contributed by atoms with Gasteiger partial charge in [-0.25, -0.2) is 4.98 Å². The minimum Gasteiger partial charge on any atom is -0.493 e. The normalized spacial score (nSPS) is 11.4. The van der Waals surface area contributed by atoms with Crippen molar-refractivity contribution in [3.63, 3.8) is 0 Å². The molecule has 0 spiro atoms. The van der Waals surface area contributed by atoms with Crippen LogP contribution >= 0.6 is 22.9 Å². The number of halogens is 1. The number of hydrogen-bond acceptors (Lipinski definition) is 4. The van der Waals surface area contributed by atoms with E-state index in [9.17, 15) is 0 Å². The van der Waals surface area contributed by atoms with Crippen LogP contribution in [-0.2, 0) is 6.61 Å². The van der Waals surface area contributed by atoms with Crippen LogP contribution in [0, 0.1) is 0 Å². The van der Waals surface area contributed by atoms with Crippen LogP contribution in [0.15, 0.2) is 78.9 Å². The third-order valence-electron chi connectivity index (χ3n) is 5.25. The van der Waals surface area contributed by atoms with Crippen molar-refractivity contribution in [2.24, 2.45) is 0 Å². The quantitative estimate of drug-likeness (QED) is 0.260. The molecular weight excluding hydrogens is 438 g/mol. The van der Waals surface area contributed by atoms with Crippen LogP contribution in [0.4, 0.5) is 0 Å². The largest absolute Gasteiger partial charge is 0.493 e. The summed E-state index contributed by atoms with van der Waals surface area (Å²) in [7, 11) is 1.64. The van der Waals surface area contributed by atoms with Crippen molar-refractivity contribution in [1.29, 1.82) is 0 Å². The first-order chi connectivity index (χ1) is 15.7. The maximum Gasteiger partial charge on any atom is 0.161 e. The Hall–Kier alpha value is -3.34. The number of methoxy groups -OCH3 is 1. The molecule has 0 saturated carbocycles. The number of thiazole rings is 1. The Balaban J connectivity index is 1.37. The smallest absolute Gasteiger partial charge is 0.161 e. The van der Waals surface area contributed by atoms with Gasteiger partial charge in [0.2, 0.25) is 0 Å². The molecule has 4 aromatic carbocycles. The fraction of sp³-hybridized carbons (Fsp3) is 0.0741. The highest BCUT2D eigenvalue weighted by Gasteiger charge is 2.08. The van der Waals surface area contributed by atoms with Gasteiger partial charge in [-0.05, 0) is 41.3 Å². The van der Waals surface area contributed by atoms with E-state index in [0.29, 0.717) is 23.1 Å². The molecule has 5 heteroatoms. The Morgan fingerprint density at radius 1 is 0.906 bits per heavy atom. The molecule has 5 aromatic rings. The van der Waals surface area contributed by atoms with Gasteiger partial charge in [0.25, 0.3) is 0 Å². The van der Waals surface area contributed by atoms with Gasteiger partial charge in [0.15, 0.2) is 11.5 Å². The highest BCUT2D eigenvalue weighted by molar-refractivity contribution is 7.19. The maximum atomic E-state index is 6.22. The molecule has 0 N–H and O–H groups in total. The van der Waals surface area contributed by atoms with E-state index < -0.39 is 0 Å². The van der Waals surface area contributed by atoms with Crippen LogP contribution in [0.3, 0.4) is 0 Å². The van der Waals surface area contributed by atoms with Crippen LogP contribution in [0.2, 0.25) is 5.02 Å². The van der Waals surface area contributed by atoms with Gasteiger partial charge in [0, 0.05) is 16.0 Å². The third-order valence-corrected chi connectivity index (χ3v) is 6.60. The maximum absolute atomic E-state index is 6.22. The van der Waals surface area contributed by atoms with Crippen molar-refractivity contribution in [3.05, 3.63) is 100 Å². The summed E-state index contributed by atoms with van der Waals surface area (Å²) in [5.41, 5.74) is 2.99. The average Bonchev–Trinajstić information content (AvgIpc) is 3.26. The monoisotopic (exact) mass is 457 g/mol. The van der Waals surface area contributed by atoms with E-state index in [1.807, 2.05) is 54.6 Å². The molecule has 32 heavy (non-hydrogen) atoms. The SMILES string of the molecule is COc1cc(C=Cc2nc3c(ccc4ccccc43)s2)ccc1OCc1ccccc1Cl. The van der Waals surface area contributed by atoms with Gasteiger partial charge in [-0.1, -0.05) is 72.3 Å². The highest BCUT2D eigenvalue weighted by Crippen LogP contribution is 2.32. The third kappa shape index (κ3) is 4.20. The molecule has 0 aliphatic rings. The minimum atomic E-state index is 0.380. The van der Waals surface area contributed by atoms with Crippen molar-refractivity contribution in [2.45, 2.75) is 6.61 Å². The van der Waals surface area contributed by atoms with Gasteiger partial charge < -0.3 is 9.47 Å². The summed E-state index contributed by atoms with van der Waals surface area (Å²) in [6, 6.07) is 26.2. The Morgan fingerprint density at radius 2 is 1.75 bits per heavy atom. The molecule has 1 aromatic heterocycles. The predicted molar refractivity (Wildman–Crippen MR) is 135 cm³/mol. The second-order valence-corrected chi connectivity index (χ2v) is 8.78. The molecular formula is C27H20ClNO2S. The van der Waals surface area contributed by atoms with E-state index in [1.54, 1.807) is 18.4 Å². The average molecular weight is 458 g/mol. The standard InChI is InChI=1S/C27H20ClNO2S/c1-30-24-16-18(10-13-23(24)31-17-20-7-3-5-9-22(20)28)11-15-26-29-27-21-8-4-2-6-19(21)12-14-25(27)32-26/h2-16H,17H2,1H3. The second kappa shape index (κ2) is 9.03. The molecule has 158 valence electrons. The highest BCUT2D eigenvalue weighted by atomic mass is 35.5. The summed E-state index contributed by atoms with van der Waals surface area (Å²) in [6.07, 6.45) is 4.08. The zero-order valence-electron chi connectivity index (χ0n) is 17.4. The summed E-state index contributed by atoms with van der Waals surface area (Å²) < 4.78 is 12.7. The number of hydrogen-bond donors (Lipinski definition) is 0. The van der Waals surface area contributed by atoms with Crippen LogP contribution in [0.5, 0.6) is 11.5 Å². The van der Waals surface area contributed by atoms with Crippen LogP contribution in [0.25, 0.3) is 33.1 Å². The van der Waals surface area contributed by atoms with E-state index in [1.165, 1.54) is 15.5 Å². The van der Waals surface area contributed by atoms with Crippen LogP contribution < -0.4 is 9.47 Å². The predicted octanol–water partition coefficient (Wildman–Crippen LogP) is 7.86. The molecule has 0 fully saturated rings. The molecule has 0 bridgehead atoms. The van der Waals surface area contributed by atoms with Gasteiger partial charge in [-0.2, -0.15) is 0 Å². The zero-order valence-corrected chi connectivity index (χ0v) is 19.0. The first kappa shape index (κ1) is 20.6. The van der Waals surface area contributed by atoms with Crippen LogP contribution in [-0.4, -0.2) is 12.1 Å². The first-order valence-electron chi connectivity index (χ1n) is 10.2. The van der Waals surface area contributed by atoms with E-state index in [-0.39, 0.29) is 0 Å². The number of aromatic nitrogens is 1. The topological polar surface area (TPSA) is 31.4 Å². The summed E-state index contributed by atoms with van der Waals surface area (Å²) in [4.78, 5) is 4.85. The molecule has 5 rings (SSSR count). The zero-order chi connectivity index (χ0) is 21.9. The molecule has 0 aliphatic carbocycles. The number of benzene rings is 4. The van der Waals surface area contributed by atoms with Gasteiger partial charge in [-0.15, -0.1) is 11.3 Å². The van der Waals surface area contributed by atoms with Gasteiger partial charge >= 0.3 is 0 Å². The van der Waals surface area contributed by atoms with E-state index in [4.69, 9.17) is 26.1 Å². The Labute approximate surface area is 195 Å². The van der Waals surface area contributed by atoms with E-state index >= 15 is 0 Å². The van der Waals surface area contributed by atoms with Crippen molar-refractivity contribution >= 4 is 56.1 Å². The molecule has 0 amide bonds. The lowest BCUT2D eigenvalue weighted by Gasteiger charge is -2.12. The lowest BCUT2D eigenvalue weighted by molar-refractivity contribution is 0.284. The van der Waals surface area contributed by atoms with Crippen LogP contribution in [0.1, 0.15) is 16.1 Å². The lowest BCUT2D eigenvalue weighted by atomic mass is 10.1. The van der Waals surface area contributed by atoms with Crippen molar-refractivity contribution in [2.75, 3.05) is 7.11 Å². The molecule has 1 heterocycles. The lowest BCUT2D eigenvalue weighted by Crippen LogP contribution is -1.98. The molecule has 0 unspecified atom stereocenters. The Morgan fingerprint density at radius 3 is 2.62 bits per heavy atom. The summed E-state index contributed by atoms with van der Waals surface area (Å²) in [5.74, 6) is 1.35. The molecule has 0 atom stereocenters. The summed E-state index contributed by atoms with van der Waals surface area (Å²) >= 11 is 7.91. The molecule has 3 nitrogen and oxygen atoms in total.